The fourth-order valence-corrected chi connectivity index (χ4v) is 1.90. The number of rotatable bonds is 8. The van der Waals surface area contributed by atoms with Crippen LogP contribution in [0.5, 0.6) is 5.75 Å². The van der Waals surface area contributed by atoms with Crippen molar-refractivity contribution in [3.05, 3.63) is 40.9 Å². The van der Waals surface area contributed by atoms with Gasteiger partial charge in [-0.15, -0.1) is 6.58 Å². The van der Waals surface area contributed by atoms with Gasteiger partial charge in [-0.3, -0.25) is 0 Å². The zero-order valence-corrected chi connectivity index (χ0v) is 12.9. The van der Waals surface area contributed by atoms with Gasteiger partial charge in [0, 0.05) is 23.6 Å². The normalized spacial score (nSPS) is 10.8. The molecular formula is C16H24ClNO. The van der Waals surface area contributed by atoms with Crippen LogP contribution >= 0.6 is 11.6 Å². The zero-order chi connectivity index (χ0) is 14.3. The molecule has 0 radical (unpaired) electrons. The van der Waals surface area contributed by atoms with Gasteiger partial charge in [0.15, 0.2) is 0 Å². The Morgan fingerprint density at radius 3 is 2.79 bits per heavy atom. The minimum Gasteiger partial charge on any atom is -0.493 e. The molecule has 0 amide bonds. The van der Waals surface area contributed by atoms with Crippen LogP contribution in [-0.4, -0.2) is 13.2 Å². The Kier molecular flexibility index (Phi) is 6.96. The van der Waals surface area contributed by atoms with E-state index >= 15 is 0 Å². The monoisotopic (exact) mass is 281 g/mol. The van der Waals surface area contributed by atoms with Crippen molar-refractivity contribution in [3.63, 3.8) is 0 Å². The summed E-state index contributed by atoms with van der Waals surface area (Å²) in [5.74, 6) is 1.49. The first kappa shape index (κ1) is 16.1. The predicted molar refractivity (Wildman–Crippen MR) is 82.9 cm³/mol. The molecule has 1 rings (SSSR count). The van der Waals surface area contributed by atoms with E-state index in [0.717, 1.165) is 41.4 Å². The topological polar surface area (TPSA) is 21.3 Å². The van der Waals surface area contributed by atoms with Crippen LogP contribution in [0, 0.1) is 5.92 Å². The molecule has 0 spiro atoms. The molecule has 106 valence electrons. The van der Waals surface area contributed by atoms with E-state index in [-0.39, 0.29) is 0 Å². The van der Waals surface area contributed by atoms with Crippen LogP contribution in [0.4, 0.5) is 0 Å². The quantitative estimate of drug-likeness (QED) is 0.712. The number of halogens is 1. The molecular weight excluding hydrogens is 258 g/mol. The summed E-state index contributed by atoms with van der Waals surface area (Å²) in [6.07, 6.45) is 0.866. The number of ether oxygens (including phenoxy) is 1. The van der Waals surface area contributed by atoms with Crippen LogP contribution < -0.4 is 10.1 Å². The summed E-state index contributed by atoms with van der Waals surface area (Å²) in [7, 11) is 0. The molecule has 3 heteroatoms. The number of benzene rings is 1. The maximum atomic E-state index is 6.25. The Bertz CT molecular complexity index is 415. The lowest BCUT2D eigenvalue weighted by atomic mass is 10.1. The molecule has 0 bridgehead atoms. The molecule has 1 aromatic rings. The SMILES string of the molecule is C=C(C)CCOc1cccc(Cl)c1CNCC(C)C. The molecule has 0 saturated heterocycles. The van der Waals surface area contributed by atoms with Gasteiger partial charge in [0.05, 0.1) is 6.61 Å². The fraction of sp³-hybridized carbons (Fsp3) is 0.500. The van der Waals surface area contributed by atoms with E-state index in [2.05, 4.69) is 25.7 Å². The molecule has 0 aromatic heterocycles. The third-order valence-electron chi connectivity index (χ3n) is 2.72. The third-order valence-corrected chi connectivity index (χ3v) is 3.07. The fourth-order valence-electron chi connectivity index (χ4n) is 1.67. The summed E-state index contributed by atoms with van der Waals surface area (Å²) >= 11 is 6.25. The lowest BCUT2D eigenvalue weighted by molar-refractivity contribution is 0.317. The maximum Gasteiger partial charge on any atom is 0.125 e. The van der Waals surface area contributed by atoms with Crippen LogP contribution in [0.15, 0.2) is 30.4 Å². The zero-order valence-electron chi connectivity index (χ0n) is 12.1. The number of hydrogen-bond acceptors (Lipinski definition) is 2. The molecule has 1 aromatic carbocycles. The Labute approximate surface area is 121 Å². The van der Waals surface area contributed by atoms with Crippen molar-refractivity contribution in [2.24, 2.45) is 5.92 Å². The summed E-state index contributed by atoms with van der Waals surface area (Å²) in [6.45, 7) is 12.6. The van der Waals surface area contributed by atoms with E-state index in [1.807, 2.05) is 25.1 Å². The second-order valence-corrected chi connectivity index (χ2v) is 5.70. The van der Waals surface area contributed by atoms with Gasteiger partial charge in [-0.2, -0.15) is 0 Å². The molecule has 1 N–H and O–H groups in total. The Morgan fingerprint density at radius 1 is 1.42 bits per heavy atom. The summed E-state index contributed by atoms with van der Waals surface area (Å²) < 4.78 is 5.80. The van der Waals surface area contributed by atoms with Gasteiger partial charge in [0.2, 0.25) is 0 Å². The smallest absolute Gasteiger partial charge is 0.125 e. The van der Waals surface area contributed by atoms with Crippen molar-refractivity contribution in [2.45, 2.75) is 33.7 Å². The van der Waals surface area contributed by atoms with E-state index in [1.54, 1.807) is 0 Å². The second-order valence-electron chi connectivity index (χ2n) is 5.30. The van der Waals surface area contributed by atoms with Crippen molar-refractivity contribution in [1.82, 2.24) is 5.32 Å². The van der Waals surface area contributed by atoms with Gasteiger partial charge in [-0.25, -0.2) is 0 Å². The molecule has 0 fully saturated rings. The Morgan fingerprint density at radius 2 is 2.16 bits per heavy atom. The summed E-state index contributed by atoms with van der Waals surface area (Å²) in [5, 5.41) is 4.15. The molecule has 19 heavy (non-hydrogen) atoms. The maximum absolute atomic E-state index is 6.25. The molecule has 0 aliphatic carbocycles. The van der Waals surface area contributed by atoms with E-state index in [9.17, 15) is 0 Å². The van der Waals surface area contributed by atoms with Crippen LogP contribution in [-0.2, 0) is 6.54 Å². The molecule has 0 aliphatic rings. The predicted octanol–water partition coefficient (Wildman–Crippen LogP) is 4.43. The van der Waals surface area contributed by atoms with Crippen LogP contribution in [0.3, 0.4) is 0 Å². The number of nitrogens with one attached hydrogen (secondary N) is 1. The first-order valence-corrected chi connectivity index (χ1v) is 7.13. The van der Waals surface area contributed by atoms with Gasteiger partial charge in [-0.05, 0) is 31.5 Å². The summed E-state index contributed by atoms with van der Waals surface area (Å²) in [5.41, 5.74) is 2.16. The Hall–Kier alpha value is -0.990. The van der Waals surface area contributed by atoms with E-state index in [1.165, 1.54) is 0 Å². The first-order valence-electron chi connectivity index (χ1n) is 6.76. The number of hydrogen-bond donors (Lipinski definition) is 1. The average Bonchev–Trinajstić information content (AvgIpc) is 2.31. The minimum atomic E-state index is 0.621. The van der Waals surface area contributed by atoms with Crippen LogP contribution in [0.1, 0.15) is 32.8 Å². The van der Waals surface area contributed by atoms with E-state index < -0.39 is 0 Å². The second kappa shape index (κ2) is 8.23. The highest BCUT2D eigenvalue weighted by Crippen LogP contribution is 2.26. The molecule has 0 atom stereocenters. The van der Waals surface area contributed by atoms with Crippen molar-refractivity contribution in [2.75, 3.05) is 13.2 Å². The van der Waals surface area contributed by atoms with Crippen LogP contribution in [0.25, 0.3) is 0 Å². The molecule has 0 unspecified atom stereocenters. The van der Waals surface area contributed by atoms with Crippen molar-refractivity contribution < 1.29 is 4.74 Å². The van der Waals surface area contributed by atoms with Gasteiger partial charge in [0.25, 0.3) is 0 Å². The highest BCUT2D eigenvalue weighted by molar-refractivity contribution is 6.31. The summed E-state index contributed by atoms with van der Waals surface area (Å²) in [4.78, 5) is 0. The lowest BCUT2D eigenvalue weighted by Crippen LogP contribution is -2.19. The summed E-state index contributed by atoms with van der Waals surface area (Å²) in [6, 6.07) is 5.79. The lowest BCUT2D eigenvalue weighted by Gasteiger charge is -2.14. The highest BCUT2D eigenvalue weighted by Gasteiger charge is 2.08. The largest absolute Gasteiger partial charge is 0.493 e. The molecule has 2 nitrogen and oxygen atoms in total. The third kappa shape index (κ3) is 6.13. The van der Waals surface area contributed by atoms with Gasteiger partial charge in [-0.1, -0.05) is 37.1 Å². The molecule has 0 aliphatic heterocycles. The standard InChI is InChI=1S/C16H24ClNO/c1-12(2)8-9-19-16-7-5-6-15(17)14(16)11-18-10-13(3)4/h5-7,13,18H,1,8-11H2,2-4H3. The van der Waals surface area contributed by atoms with Gasteiger partial charge >= 0.3 is 0 Å². The van der Waals surface area contributed by atoms with Gasteiger partial charge in [0.1, 0.15) is 5.75 Å². The Balaban J connectivity index is 2.63. The van der Waals surface area contributed by atoms with Crippen molar-refractivity contribution >= 4 is 11.6 Å². The molecule has 0 saturated carbocycles. The van der Waals surface area contributed by atoms with Crippen molar-refractivity contribution in [3.8, 4) is 5.75 Å². The van der Waals surface area contributed by atoms with Crippen LogP contribution in [0.2, 0.25) is 5.02 Å². The van der Waals surface area contributed by atoms with E-state index in [4.69, 9.17) is 16.3 Å². The minimum absolute atomic E-state index is 0.621. The van der Waals surface area contributed by atoms with Crippen molar-refractivity contribution in [1.29, 1.82) is 0 Å². The highest BCUT2D eigenvalue weighted by atomic mass is 35.5. The van der Waals surface area contributed by atoms with E-state index in [0.29, 0.717) is 12.5 Å². The van der Waals surface area contributed by atoms with Gasteiger partial charge < -0.3 is 10.1 Å². The first-order chi connectivity index (χ1) is 9.00. The molecule has 0 heterocycles. The average molecular weight is 282 g/mol.